The van der Waals surface area contributed by atoms with Crippen LogP contribution in [0.4, 0.5) is 13.2 Å². The summed E-state index contributed by atoms with van der Waals surface area (Å²) in [7, 11) is 0. The van der Waals surface area contributed by atoms with Gasteiger partial charge in [-0.25, -0.2) is 0 Å². The van der Waals surface area contributed by atoms with Crippen LogP contribution in [0.5, 0.6) is 11.5 Å². The van der Waals surface area contributed by atoms with E-state index < -0.39 is 11.7 Å². The SMILES string of the molecule is C=CC(=O)Cc1ccc(C)c(Oc2cccc(C(F)(F)F)c2)c1. The Kier molecular flexibility index (Phi) is 4.89. The Morgan fingerprint density at radius 1 is 1.22 bits per heavy atom. The van der Waals surface area contributed by atoms with Gasteiger partial charge in [0.15, 0.2) is 5.78 Å². The number of carbonyl (C=O) groups is 1. The topological polar surface area (TPSA) is 26.3 Å². The molecule has 0 spiro atoms. The Bertz CT molecular complexity index is 733. The standard InChI is InChI=1S/C18H15F3O2/c1-3-15(22)9-13-8-7-12(2)17(10-13)23-16-6-4-5-14(11-16)18(19,20)21/h3-8,10-11H,1,9H2,2H3. The van der Waals surface area contributed by atoms with Crippen LogP contribution in [0.25, 0.3) is 0 Å². The van der Waals surface area contributed by atoms with Gasteiger partial charge in [-0.2, -0.15) is 13.2 Å². The van der Waals surface area contributed by atoms with Crippen molar-refractivity contribution in [2.75, 3.05) is 0 Å². The van der Waals surface area contributed by atoms with Crippen LogP contribution in [0, 0.1) is 6.92 Å². The van der Waals surface area contributed by atoms with Gasteiger partial charge in [0.05, 0.1) is 5.56 Å². The van der Waals surface area contributed by atoms with E-state index in [4.69, 9.17) is 4.74 Å². The monoisotopic (exact) mass is 320 g/mol. The molecule has 2 rings (SSSR count). The van der Waals surface area contributed by atoms with E-state index in [-0.39, 0.29) is 18.0 Å². The fraction of sp³-hybridized carbons (Fsp3) is 0.167. The first-order valence-corrected chi connectivity index (χ1v) is 6.89. The lowest BCUT2D eigenvalue weighted by Crippen LogP contribution is -2.04. The quantitative estimate of drug-likeness (QED) is 0.716. The molecule has 0 radical (unpaired) electrons. The number of allylic oxidation sites excluding steroid dienone is 1. The average molecular weight is 320 g/mol. The second-order valence-corrected chi connectivity index (χ2v) is 5.07. The van der Waals surface area contributed by atoms with Crippen LogP contribution in [0.1, 0.15) is 16.7 Å². The normalized spacial score (nSPS) is 11.1. The van der Waals surface area contributed by atoms with Crippen molar-refractivity contribution >= 4 is 5.78 Å². The van der Waals surface area contributed by atoms with E-state index in [1.807, 2.05) is 0 Å². The number of benzene rings is 2. The lowest BCUT2D eigenvalue weighted by Gasteiger charge is -2.12. The maximum absolute atomic E-state index is 12.7. The van der Waals surface area contributed by atoms with Crippen molar-refractivity contribution in [3.63, 3.8) is 0 Å². The molecular weight excluding hydrogens is 305 g/mol. The van der Waals surface area contributed by atoms with E-state index >= 15 is 0 Å². The van der Waals surface area contributed by atoms with E-state index in [1.54, 1.807) is 25.1 Å². The second-order valence-electron chi connectivity index (χ2n) is 5.07. The fourth-order valence-electron chi connectivity index (χ4n) is 2.00. The van der Waals surface area contributed by atoms with Gasteiger partial charge in [-0.1, -0.05) is 24.8 Å². The van der Waals surface area contributed by atoms with Gasteiger partial charge < -0.3 is 4.74 Å². The number of rotatable bonds is 5. The molecule has 0 aromatic heterocycles. The van der Waals surface area contributed by atoms with E-state index in [2.05, 4.69) is 6.58 Å². The molecule has 2 aromatic carbocycles. The summed E-state index contributed by atoms with van der Waals surface area (Å²) in [5.74, 6) is 0.368. The second kappa shape index (κ2) is 6.69. The van der Waals surface area contributed by atoms with E-state index in [0.29, 0.717) is 11.3 Å². The molecule has 0 aliphatic carbocycles. The zero-order valence-corrected chi connectivity index (χ0v) is 12.5. The highest BCUT2D eigenvalue weighted by molar-refractivity contribution is 5.90. The number of ketones is 1. The number of alkyl halides is 3. The van der Waals surface area contributed by atoms with Gasteiger partial charge in [0.1, 0.15) is 11.5 Å². The number of aryl methyl sites for hydroxylation is 1. The lowest BCUT2D eigenvalue weighted by molar-refractivity contribution is -0.137. The highest BCUT2D eigenvalue weighted by Gasteiger charge is 2.30. The van der Waals surface area contributed by atoms with Crippen LogP contribution in [0.3, 0.4) is 0 Å². The third kappa shape index (κ3) is 4.45. The molecule has 0 heterocycles. The Balaban J connectivity index is 2.27. The largest absolute Gasteiger partial charge is 0.457 e. The minimum absolute atomic E-state index is 0.0927. The molecule has 0 N–H and O–H groups in total. The molecule has 5 heteroatoms. The third-order valence-corrected chi connectivity index (χ3v) is 3.25. The molecule has 0 unspecified atom stereocenters. The van der Waals surface area contributed by atoms with Crippen LogP contribution < -0.4 is 4.74 Å². The molecule has 0 fully saturated rings. The van der Waals surface area contributed by atoms with Gasteiger partial charge in [-0.15, -0.1) is 0 Å². The van der Waals surface area contributed by atoms with Crippen LogP contribution in [0.2, 0.25) is 0 Å². The summed E-state index contributed by atoms with van der Waals surface area (Å²) in [6.45, 7) is 5.19. The van der Waals surface area contributed by atoms with Gasteiger partial charge in [0.25, 0.3) is 0 Å². The summed E-state index contributed by atoms with van der Waals surface area (Å²) in [4.78, 5) is 11.4. The molecule has 23 heavy (non-hydrogen) atoms. The lowest BCUT2D eigenvalue weighted by atomic mass is 10.1. The summed E-state index contributed by atoms with van der Waals surface area (Å²) in [5, 5.41) is 0. The van der Waals surface area contributed by atoms with Crippen LogP contribution in [0.15, 0.2) is 55.1 Å². The van der Waals surface area contributed by atoms with E-state index in [1.165, 1.54) is 18.2 Å². The van der Waals surface area contributed by atoms with Gasteiger partial charge >= 0.3 is 6.18 Å². The van der Waals surface area contributed by atoms with Crippen LogP contribution in [-0.2, 0) is 17.4 Å². The van der Waals surface area contributed by atoms with Gasteiger partial charge in [0.2, 0.25) is 0 Å². The smallest absolute Gasteiger partial charge is 0.416 e. The van der Waals surface area contributed by atoms with Crippen molar-refractivity contribution < 1.29 is 22.7 Å². The van der Waals surface area contributed by atoms with Crippen molar-refractivity contribution in [2.45, 2.75) is 19.5 Å². The predicted octanol–water partition coefficient (Wildman–Crippen LogP) is 5.10. The highest BCUT2D eigenvalue weighted by Crippen LogP contribution is 2.33. The molecule has 2 aromatic rings. The third-order valence-electron chi connectivity index (χ3n) is 3.25. The van der Waals surface area contributed by atoms with Crippen molar-refractivity contribution in [3.8, 4) is 11.5 Å². The summed E-state index contributed by atoms with van der Waals surface area (Å²) >= 11 is 0. The average Bonchev–Trinajstić information content (AvgIpc) is 2.50. The first-order chi connectivity index (χ1) is 10.8. The van der Waals surface area contributed by atoms with Gasteiger partial charge in [-0.05, 0) is 48.4 Å². The number of ether oxygens (including phenoxy) is 1. The molecular formula is C18H15F3O2. The Hall–Kier alpha value is -2.56. The van der Waals surface area contributed by atoms with Crippen molar-refractivity contribution in [1.82, 2.24) is 0 Å². The Morgan fingerprint density at radius 3 is 2.61 bits per heavy atom. The minimum Gasteiger partial charge on any atom is -0.457 e. The molecule has 0 amide bonds. The first kappa shape index (κ1) is 16.8. The predicted molar refractivity (Wildman–Crippen MR) is 81.6 cm³/mol. The molecule has 2 nitrogen and oxygen atoms in total. The molecule has 0 aliphatic heterocycles. The minimum atomic E-state index is -4.42. The molecule has 120 valence electrons. The fourth-order valence-corrected chi connectivity index (χ4v) is 2.00. The van der Waals surface area contributed by atoms with Gasteiger partial charge in [0, 0.05) is 6.42 Å². The zero-order chi connectivity index (χ0) is 17.0. The van der Waals surface area contributed by atoms with Crippen molar-refractivity contribution in [1.29, 1.82) is 0 Å². The number of hydrogen-bond acceptors (Lipinski definition) is 2. The summed E-state index contributed by atoms with van der Waals surface area (Å²) in [5.41, 5.74) is 0.699. The van der Waals surface area contributed by atoms with Crippen molar-refractivity contribution in [2.24, 2.45) is 0 Å². The molecule has 0 saturated carbocycles. The van der Waals surface area contributed by atoms with E-state index in [9.17, 15) is 18.0 Å². The maximum Gasteiger partial charge on any atom is 0.416 e. The summed E-state index contributed by atoms with van der Waals surface area (Å²) in [6, 6.07) is 9.86. The Morgan fingerprint density at radius 2 is 1.96 bits per heavy atom. The summed E-state index contributed by atoms with van der Waals surface area (Å²) in [6.07, 6.45) is -3.03. The molecule has 0 aliphatic rings. The van der Waals surface area contributed by atoms with Crippen LogP contribution >= 0.6 is 0 Å². The summed E-state index contributed by atoms with van der Waals surface area (Å²) < 4.78 is 43.8. The van der Waals surface area contributed by atoms with Gasteiger partial charge in [-0.3, -0.25) is 4.79 Å². The molecule has 0 bridgehead atoms. The molecule has 0 atom stereocenters. The zero-order valence-electron chi connectivity index (χ0n) is 12.5. The number of hydrogen-bond donors (Lipinski definition) is 0. The number of carbonyl (C=O) groups excluding carboxylic acids is 1. The van der Waals surface area contributed by atoms with Crippen LogP contribution in [-0.4, -0.2) is 5.78 Å². The first-order valence-electron chi connectivity index (χ1n) is 6.89. The van der Waals surface area contributed by atoms with E-state index in [0.717, 1.165) is 17.7 Å². The Labute approximate surface area is 132 Å². The maximum atomic E-state index is 12.7. The highest BCUT2D eigenvalue weighted by atomic mass is 19.4. The van der Waals surface area contributed by atoms with Crippen molar-refractivity contribution in [3.05, 3.63) is 71.8 Å². The molecule has 0 saturated heterocycles. The number of halogens is 3.